The van der Waals surface area contributed by atoms with Crippen molar-refractivity contribution < 1.29 is 38.5 Å². The topological polar surface area (TPSA) is 173 Å². The number of ether oxygens (including phenoxy) is 2. The molecule has 0 aromatic heterocycles. The number of benzene rings is 2. The predicted molar refractivity (Wildman–Crippen MR) is 115 cm³/mol. The van der Waals surface area contributed by atoms with Crippen molar-refractivity contribution in [1.82, 2.24) is 0 Å². The molecule has 0 saturated carbocycles. The molecule has 0 radical (unpaired) electrons. The first kappa shape index (κ1) is 25.5. The third-order valence-corrected chi connectivity index (χ3v) is 4.34. The number of hydrogen-bond acceptors (Lipinski definition) is 10. The summed E-state index contributed by atoms with van der Waals surface area (Å²) in [5, 5.41) is 21.8. The Balaban J connectivity index is 2.72. The highest BCUT2D eigenvalue weighted by Crippen LogP contribution is 2.23. The van der Waals surface area contributed by atoms with Gasteiger partial charge in [0.05, 0.1) is 23.1 Å². The van der Waals surface area contributed by atoms with Crippen LogP contribution in [0.25, 0.3) is 0 Å². The van der Waals surface area contributed by atoms with Crippen LogP contribution in [0.3, 0.4) is 0 Å². The number of rotatable bonds is 10. The van der Waals surface area contributed by atoms with Crippen LogP contribution in [0.15, 0.2) is 59.7 Å². The minimum atomic E-state index is -1.29. The van der Waals surface area contributed by atoms with E-state index >= 15 is 0 Å². The molecule has 34 heavy (non-hydrogen) atoms. The van der Waals surface area contributed by atoms with Crippen LogP contribution in [0.5, 0.6) is 0 Å². The van der Waals surface area contributed by atoms with Gasteiger partial charge in [0.1, 0.15) is 11.1 Å². The minimum Gasteiger partial charge on any atom is -0.462 e. The van der Waals surface area contributed by atoms with Crippen molar-refractivity contribution in [3.8, 4) is 0 Å². The summed E-state index contributed by atoms with van der Waals surface area (Å²) in [5.74, 6) is -4.79. The van der Waals surface area contributed by atoms with Gasteiger partial charge in [-0.2, -0.15) is 0 Å². The Morgan fingerprint density at radius 2 is 0.941 bits per heavy atom. The van der Waals surface area contributed by atoms with Crippen molar-refractivity contribution in [3.05, 3.63) is 91.0 Å². The maximum absolute atomic E-state index is 13.2. The first-order chi connectivity index (χ1) is 16.1. The molecule has 0 unspecified atom stereocenters. The van der Waals surface area contributed by atoms with Crippen LogP contribution in [-0.4, -0.2) is 46.6 Å². The van der Waals surface area contributed by atoms with Crippen molar-refractivity contribution >= 4 is 34.9 Å². The van der Waals surface area contributed by atoms with Crippen LogP contribution in [0.2, 0.25) is 0 Å². The second-order valence-corrected chi connectivity index (χ2v) is 6.46. The molecule has 0 N–H and O–H groups in total. The molecule has 176 valence electrons. The molecular formula is C22H18N2O10. The molecule has 0 aliphatic carbocycles. The van der Waals surface area contributed by atoms with Gasteiger partial charge in [-0.1, -0.05) is 0 Å². The first-order valence-electron chi connectivity index (χ1n) is 9.79. The number of hydrogen-bond donors (Lipinski definition) is 0. The summed E-state index contributed by atoms with van der Waals surface area (Å²) >= 11 is 0. The molecule has 2 aromatic carbocycles. The number of ketones is 2. The van der Waals surface area contributed by atoms with Crippen molar-refractivity contribution in [2.75, 3.05) is 13.2 Å². The van der Waals surface area contributed by atoms with E-state index in [2.05, 4.69) is 0 Å². The van der Waals surface area contributed by atoms with Gasteiger partial charge in [-0.3, -0.25) is 29.8 Å². The van der Waals surface area contributed by atoms with Gasteiger partial charge in [-0.15, -0.1) is 0 Å². The zero-order valence-corrected chi connectivity index (χ0v) is 18.0. The molecule has 12 nitrogen and oxygen atoms in total. The Bertz CT molecular complexity index is 1090. The van der Waals surface area contributed by atoms with Gasteiger partial charge in [0, 0.05) is 35.4 Å². The normalized spacial score (nSPS) is 11.1. The molecule has 0 bridgehead atoms. The predicted octanol–water partition coefficient (Wildman–Crippen LogP) is 2.99. The lowest BCUT2D eigenvalue weighted by molar-refractivity contribution is -0.385. The zero-order chi connectivity index (χ0) is 25.4. The van der Waals surface area contributed by atoms with Crippen LogP contribution in [0.4, 0.5) is 11.4 Å². The summed E-state index contributed by atoms with van der Waals surface area (Å²) in [4.78, 5) is 72.2. The summed E-state index contributed by atoms with van der Waals surface area (Å²) in [6.07, 6.45) is 0. The van der Waals surface area contributed by atoms with Crippen molar-refractivity contribution in [2.45, 2.75) is 13.8 Å². The second kappa shape index (κ2) is 11.2. The molecule has 0 amide bonds. The average Bonchev–Trinajstić information content (AvgIpc) is 2.82. The molecule has 12 heteroatoms. The summed E-state index contributed by atoms with van der Waals surface area (Å²) in [6.45, 7) is 2.48. The highest BCUT2D eigenvalue weighted by molar-refractivity contribution is 6.36. The molecule has 0 heterocycles. The Labute approximate surface area is 192 Å². The molecule has 0 fully saturated rings. The van der Waals surface area contributed by atoms with Gasteiger partial charge < -0.3 is 9.47 Å². The van der Waals surface area contributed by atoms with E-state index in [0.717, 1.165) is 48.5 Å². The molecule has 2 aromatic rings. The summed E-state index contributed by atoms with van der Waals surface area (Å²) in [7, 11) is 0. The molecule has 0 aliphatic heterocycles. The first-order valence-corrected chi connectivity index (χ1v) is 9.79. The van der Waals surface area contributed by atoms with E-state index in [0.29, 0.717) is 0 Å². The number of esters is 2. The fourth-order valence-electron chi connectivity index (χ4n) is 2.78. The van der Waals surface area contributed by atoms with E-state index in [1.807, 2.05) is 0 Å². The average molecular weight is 470 g/mol. The summed E-state index contributed by atoms with van der Waals surface area (Å²) in [5.41, 5.74) is -2.98. The summed E-state index contributed by atoms with van der Waals surface area (Å²) < 4.78 is 9.76. The smallest absolute Gasteiger partial charge is 0.343 e. The molecule has 0 spiro atoms. The van der Waals surface area contributed by atoms with Crippen molar-refractivity contribution in [3.63, 3.8) is 0 Å². The van der Waals surface area contributed by atoms with Gasteiger partial charge in [0.2, 0.25) is 11.6 Å². The summed E-state index contributed by atoms with van der Waals surface area (Å²) in [6, 6.07) is 8.27. The monoisotopic (exact) mass is 470 g/mol. The lowest BCUT2D eigenvalue weighted by atomic mass is 9.93. The Hall–Kier alpha value is -4.74. The lowest BCUT2D eigenvalue weighted by Crippen LogP contribution is -2.27. The maximum Gasteiger partial charge on any atom is 0.343 e. The standard InChI is InChI=1S/C22H18N2O10/c1-3-33-21(27)17(19(25)13-5-9-15(10-6-13)23(29)30)18(22(28)34-4-2)20(26)14-7-11-16(12-8-14)24(31)32/h5-12H,3-4H2,1-2H3/b18-17+. The van der Waals surface area contributed by atoms with Crippen LogP contribution >= 0.6 is 0 Å². The maximum atomic E-state index is 13.2. The molecule has 2 rings (SSSR count). The van der Waals surface area contributed by atoms with Gasteiger partial charge in [0.25, 0.3) is 11.4 Å². The van der Waals surface area contributed by atoms with E-state index in [1.165, 1.54) is 13.8 Å². The molecular weight excluding hydrogens is 452 g/mol. The SMILES string of the molecule is CCOC(=O)/C(C(=O)c1ccc([N+](=O)[O-])cc1)=C(/C(=O)OCC)C(=O)c1ccc([N+](=O)[O-])cc1. The van der Waals surface area contributed by atoms with E-state index in [1.54, 1.807) is 0 Å². The fourth-order valence-corrected chi connectivity index (χ4v) is 2.78. The van der Waals surface area contributed by atoms with Crippen LogP contribution in [0.1, 0.15) is 34.6 Å². The Morgan fingerprint density at radius 1 is 0.647 bits per heavy atom. The van der Waals surface area contributed by atoms with Crippen molar-refractivity contribution in [2.24, 2.45) is 0 Å². The molecule has 0 atom stereocenters. The third-order valence-electron chi connectivity index (χ3n) is 4.34. The minimum absolute atomic E-state index is 0.197. The quantitative estimate of drug-likeness (QED) is 0.0955. The fraction of sp³-hybridized carbons (Fsp3) is 0.182. The number of carbonyl (C=O) groups is 4. The number of non-ortho nitro benzene ring substituents is 2. The van der Waals surface area contributed by atoms with Gasteiger partial charge in [0.15, 0.2) is 0 Å². The second-order valence-electron chi connectivity index (χ2n) is 6.46. The molecule has 0 aliphatic rings. The zero-order valence-electron chi connectivity index (χ0n) is 18.0. The third kappa shape index (κ3) is 5.73. The number of nitrogens with zero attached hydrogens (tertiary/aromatic N) is 2. The number of nitro benzene ring substituents is 2. The highest BCUT2D eigenvalue weighted by atomic mass is 16.6. The van der Waals surface area contributed by atoms with Crippen LogP contribution in [0, 0.1) is 20.2 Å². The van der Waals surface area contributed by atoms with Gasteiger partial charge in [-0.25, -0.2) is 9.59 Å². The Morgan fingerprint density at radius 3 is 1.18 bits per heavy atom. The molecule has 0 saturated heterocycles. The van der Waals surface area contributed by atoms with Gasteiger partial charge >= 0.3 is 11.9 Å². The van der Waals surface area contributed by atoms with Crippen LogP contribution in [-0.2, 0) is 19.1 Å². The van der Waals surface area contributed by atoms with E-state index < -0.39 is 44.5 Å². The highest BCUT2D eigenvalue weighted by Gasteiger charge is 2.35. The van der Waals surface area contributed by atoms with Crippen molar-refractivity contribution in [1.29, 1.82) is 0 Å². The number of nitro groups is 2. The van der Waals surface area contributed by atoms with E-state index in [-0.39, 0.29) is 35.7 Å². The van der Waals surface area contributed by atoms with Crippen LogP contribution < -0.4 is 0 Å². The Kier molecular flexibility index (Phi) is 8.42. The lowest BCUT2D eigenvalue weighted by Gasteiger charge is -2.13. The number of carbonyl (C=O) groups excluding carboxylic acids is 4. The van der Waals surface area contributed by atoms with E-state index in [4.69, 9.17) is 9.47 Å². The number of Topliss-reactive ketones (excluding diaryl/α,β-unsaturated/α-hetero) is 2. The van der Waals surface area contributed by atoms with E-state index in [9.17, 15) is 39.4 Å². The van der Waals surface area contributed by atoms with Gasteiger partial charge in [-0.05, 0) is 38.1 Å². The largest absolute Gasteiger partial charge is 0.462 e.